The van der Waals surface area contributed by atoms with Crippen LogP contribution in [0.25, 0.3) is 0 Å². The van der Waals surface area contributed by atoms with E-state index in [9.17, 15) is 13.2 Å². The molecule has 0 radical (unpaired) electrons. The van der Waals surface area contributed by atoms with E-state index in [2.05, 4.69) is 10.5 Å². The van der Waals surface area contributed by atoms with Crippen LogP contribution in [0.4, 0.5) is 18.9 Å². The van der Waals surface area contributed by atoms with Gasteiger partial charge in [0, 0.05) is 5.02 Å². The summed E-state index contributed by atoms with van der Waals surface area (Å²) in [6.45, 7) is 1.87. The molecule has 2 nitrogen and oxygen atoms in total. The standard InChI is InChI=1S/C15H12ClF3N2/c1-10-5-6-13(8-14(10)16)21-20-9-11-3-2-4-12(7-11)15(17,18)19/h2-9,21H,1H3. The number of nitrogens with one attached hydrogen (secondary N) is 1. The Bertz CT molecular complexity index is 666. The quantitative estimate of drug-likeness (QED) is 0.618. The first-order chi connectivity index (χ1) is 9.86. The fourth-order valence-electron chi connectivity index (χ4n) is 1.64. The molecule has 1 N–H and O–H groups in total. The third-order valence-electron chi connectivity index (χ3n) is 2.79. The lowest BCUT2D eigenvalue weighted by Crippen LogP contribution is -2.05. The molecule has 110 valence electrons. The summed E-state index contributed by atoms with van der Waals surface area (Å²) < 4.78 is 37.7. The zero-order valence-electron chi connectivity index (χ0n) is 11.1. The van der Waals surface area contributed by atoms with Gasteiger partial charge in [-0.15, -0.1) is 0 Å². The summed E-state index contributed by atoms with van der Waals surface area (Å²) in [6, 6.07) is 10.2. The molecular formula is C15H12ClF3N2. The van der Waals surface area contributed by atoms with Gasteiger partial charge in [-0.25, -0.2) is 0 Å². The maximum Gasteiger partial charge on any atom is 0.416 e. The zero-order chi connectivity index (χ0) is 15.5. The van der Waals surface area contributed by atoms with Crippen molar-refractivity contribution in [2.24, 2.45) is 5.10 Å². The van der Waals surface area contributed by atoms with Gasteiger partial charge in [0.05, 0.1) is 17.5 Å². The molecule has 0 spiro atoms. The van der Waals surface area contributed by atoms with Crippen LogP contribution in [0.15, 0.2) is 47.6 Å². The number of halogens is 4. The summed E-state index contributed by atoms with van der Waals surface area (Å²) in [4.78, 5) is 0. The van der Waals surface area contributed by atoms with Crippen LogP contribution in [-0.2, 0) is 6.18 Å². The van der Waals surface area contributed by atoms with E-state index in [-0.39, 0.29) is 0 Å². The van der Waals surface area contributed by atoms with Gasteiger partial charge in [0.25, 0.3) is 0 Å². The van der Waals surface area contributed by atoms with Crippen molar-refractivity contribution in [2.75, 3.05) is 5.43 Å². The lowest BCUT2D eigenvalue weighted by molar-refractivity contribution is -0.137. The van der Waals surface area contributed by atoms with Crippen molar-refractivity contribution < 1.29 is 13.2 Å². The molecule has 0 aliphatic rings. The molecule has 2 aromatic rings. The molecule has 21 heavy (non-hydrogen) atoms. The number of rotatable bonds is 3. The van der Waals surface area contributed by atoms with Crippen LogP contribution >= 0.6 is 11.6 Å². The van der Waals surface area contributed by atoms with Gasteiger partial charge in [-0.1, -0.05) is 29.8 Å². The molecule has 0 heterocycles. The summed E-state index contributed by atoms with van der Waals surface area (Å²) in [5, 5.41) is 4.50. The number of hydrogen-bond donors (Lipinski definition) is 1. The average Bonchev–Trinajstić information content (AvgIpc) is 2.42. The summed E-state index contributed by atoms with van der Waals surface area (Å²) in [7, 11) is 0. The Morgan fingerprint density at radius 2 is 1.90 bits per heavy atom. The molecule has 2 aromatic carbocycles. The summed E-state index contributed by atoms with van der Waals surface area (Å²) >= 11 is 5.96. The first kappa shape index (κ1) is 15.4. The van der Waals surface area contributed by atoms with Crippen molar-refractivity contribution in [3.05, 3.63) is 64.2 Å². The molecular weight excluding hydrogens is 301 g/mol. The van der Waals surface area contributed by atoms with E-state index in [1.54, 1.807) is 18.2 Å². The van der Waals surface area contributed by atoms with Crippen molar-refractivity contribution in [1.82, 2.24) is 0 Å². The van der Waals surface area contributed by atoms with E-state index >= 15 is 0 Å². The number of hydrazone groups is 1. The van der Waals surface area contributed by atoms with E-state index in [1.807, 2.05) is 13.0 Å². The molecule has 0 fully saturated rings. The molecule has 6 heteroatoms. The van der Waals surface area contributed by atoms with Crippen LogP contribution in [-0.4, -0.2) is 6.21 Å². The first-order valence-corrected chi connectivity index (χ1v) is 6.46. The molecule has 2 rings (SSSR count). The molecule has 0 atom stereocenters. The Hall–Kier alpha value is -2.01. The maximum atomic E-state index is 12.6. The lowest BCUT2D eigenvalue weighted by atomic mass is 10.1. The second-order valence-corrected chi connectivity index (χ2v) is 4.86. The van der Waals surface area contributed by atoms with Crippen LogP contribution in [0.5, 0.6) is 0 Å². The second kappa shape index (κ2) is 6.18. The van der Waals surface area contributed by atoms with Crippen LogP contribution in [0.1, 0.15) is 16.7 Å². The van der Waals surface area contributed by atoms with Gasteiger partial charge in [0.15, 0.2) is 0 Å². The normalized spacial score (nSPS) is 11.9. The number of aryl methyl sites for hydroxylation is 1. The smallest absolute Gasteiger partial charge is 0.278 e. The minimum Gasteiger partial charge on any atom is -0.278 e. The van der Waals surface area contributed by atoms with Crippen molar-refractivity contribution in [3.63, 3.8) is 0 Å². The Morgan fingerprint density at radius 3 is 2.57 bits per heavy atom. The van der Waals surface area contributed by atoms with Gasteiger partial charge in [-0.3, -0.25) is 5.43 Å². The monoisotopic (exact) mass is 312 g/mol. The number of benzene rings is 2. The molecule has 0 saturated carbocycles. The van der Waals surface area contributed by atoms with Gasteiger partial charge in [-0.05, 0) is 42.3 Å². The van der Waals surface area contributed by atoms with Crippen LogP contribution < -0.4 is 5.43 Å². The SMILES string of the molecule is Cc1ccc(NN=Cc2cccc(C(F)(F)F)c2)cc1Cl. The molecule has 0 aliphatic heterocycles. The predicted octanol–water partition coefficient (Wildman–Crippen LogP) is 5.11. The Balaban J connectivity index is 2.09. The highest BCUT2D eigenvalue weighted by molar-refractivity contribution is 6.31. The highest BCUT2D eigenvalue weighted by Gasteiger charge is 2.30. The highest BCUT2D eigenvalue weighted by Crippen LogP contribution is 2.29. The summed E-state index contributed by atoms with van der Waals surface area (Å²) in [5.41, 5.74) is 3.97. The zero-order valence-corrected chi connectivity index (χ0v) is 11.8. The van der Waals surface area contributed by atoms with Crippen LogP contribution in [0, 0.1) is 6.92 Å². The second-order valence-electron chi connectivity index (χ2n) is 4.46. The number of anilines is 1. The van der Waals surface area contributed by atoms with Gasteiger partial charge < -0.3 is 0 Å². The Kier molecular flexibility index (Phi) is 4.53. The number of hydrogen-bond acceptors (Lipinski definition) is 2. The Labute approximate surface area is 125 Å². The maximum absolute atomic E-state index is 12.6. The van der Waals surface area contributed by atoms with Gasteiger partial charge >= 0.3 is 6.18 Å². The molecule has 0 amide bonds. The highest BCUT2D eigenvalue weighted by atomic mass is 35.5. The predicted molar refractivity (Wildman–Crippen MR) is 78.8 cm³/mol. The molecule has 0 unspecified atom stereocenters. The number of nitrogens with zero attached hydrogens (tertiary/aromatic N) is 1. The number of alkyl halides is 3. The lowest BCUT2D eigenvalue weighted by Gasteiger charge is -2.06. The van der Waals surface area contributed by atoms with E-state index in [0.29, 0.717) is 16.3 Å². The first-order valence-electron chi connectivity index (χ1n) is 6.09. The van der Waals surface area contributed by atoms with Gasteiger partial charge in [0.1, 0.15) is 0 Å². The third kappa shape index (κ3) is 4.23. The average molecular weight is 313 g/mol. The molecule has 0 aromatic heterocycles. The van der Waals surface area contributed by atoms with Crippen molar-refractivity contribution in [1.29, 1.82) is 0 Å². The largest absolute Gasteiger partial charge is 0.416 e. The van der Waals surface area contributed by atoms with Crippen molar-refractivity contribution >= 4 is 23.5 Å². The molecule has 0 bridgehead atoms. The molecule has 0 aliphatic carbocycles. The Morgan fingerprint density at radius 1 is 1.14 bits per heavy atom. The fraction of sp³-hybridized carbons (Fsp3) is 0.133. The van der Waals surface area contributed by atoms with Crippen molar-refractivity contribution in [2.45, 2.75) is 13.1 Å². The van der Waals surface area contributed by atoms with E-state index in [1.165, 1.54) is 12.3 Å². The third-order valence-corrected chi connectivity index (χ3v) is 3.20. The summed E-state index contributed by atoms with van der Waals surface area (Å²) in [6.07, 6.45) is -3.04. The van der Waals surface area contributed by atoms with Crippen LogP contribution in [0.2, 0.25) is 5.02 Å². The van der Waals surface area contributed by atoms with Gasteiger partial charge in [-0.2, -0.15) is 18.3 Å². The van der Waals surface area contributed by atoms with E-state index in [0.717, 1.165) is 17.7 Å². The summed E-state index contributed by atoms with van der Waals surface area (Å²) in [5.74, 6) is 0. The molecule has 0 saturated heterocycles. The van der Waals surface area contributed by atoms with E-state index < -0.39 is 11.7 Å². The van der Waals surface area contributed by atoms with Gasteiger partial charge in [0.2, 0.25) is 0 Å². The minimum absolute atomic E-state index is 0.357. The van der Waals surface area contributed by atoms with E-state index in [4.69, 9.17) is 11.6 Å². The fourth-order valence-corrected chi connectivity index (χ4v) is 1.82. The topological polar surface area (TPSA) is 24.4 Å². The minimum atomic E-state index is -4.36. The van der Waals surface area contributed by atoms with Crippen LogP contribution in [0.3, 0.4) is 0 Å². The van der Waals surface area contributed by atoms with Crippen molar-refractivity contribution in [3.8, 4) is 0 Å².